The average Bonchev–Trinajstić information content (AvgIpc) is 2.35. The van der Waals surface area contributed by atoms with Gasteiger partial charge in [0.05, 0.1) is 12.1 Å². The molecular weight excluding hydrogens is 230 g/mol. The van der Waals surface area contributed by atoms with Crippen molar-refractivity contribution >= 4 is 17.5 Å². The molecule has 1 aromatic carbocycles. The van der Waals surface area contributed by atoms with E-state index in [9.17, 15) is 9.59 Å². The van der Waals surface area contributed by atoms with Crippen molar-refractivity contribution in [3.8, 4) is 0 Å². The van der Waals surface area contributed by atoms with Crippen molar-refractivity contribution in [2.75, 3.05) is 40.1 Å². The largest absolute Gasteiger partial charge is 0.376 e. The molecule has 0 aliphatic carbocycles. The highest BCUT2D eigenvalue weighted by Crippen LogP contribution is 2.16. The van der Waals surface area contributed by atoms with Gasteiger partial charge in [-0.1, -0.05) is 12.1 Å². The number of nitrogens with zero attached hydrogens (tertiary/aromatic N) is 2. The van der Waals surface area contributed by atoms with Crippen LogP contribution in [-0.2, 0) is 4.79 Å². The first-order chi connectivity index (χ1) is 8.43. The summed E-state index contributed by atoms with van der Waals surface area (Å²) in [5.41, 5.74) is 1.24. The Kier molecular flexibility index (Phi) is 4.71. The minimum absolute atomic E-state index is 0.0397. The minimum atomic E-state index is -0.0876. The Hall–Kier alpha value is -2.04. The van der Waals surface area contributed by atoms with Crippen LogP contribution in [0.1, 0.15) is 10.4 Å². The van der Waals surface area contributed by atoms with Crippen LogP contribution in [0.15, 0.2) is 24.3 Å². The summed E-state index contributed by atoms with van der Waals surface area (Å²) >= 11 is 0. The predicted molar refractivity (Wildman–Crippen MR) is 71.6 cm³/mol. The number of benzene rings is 1. The summed E-state index contributed by atoms with van der Waals surface area (Å²) in [5.74, 6) is -0.127. The molecule has 0 spiro atoms. The van der Waals surface area contributed by atoms with E-state index >= 15 is 0 Å². The van der Waals surface area contributed by atoms with E-state index in [4.69, 9.17) is 0 Å². The van der Waals surface area contributed by atoms with Crippen LogP contribution in [-0.4, -0.2) is 56.3 Å². The molecule has 1 rings (SSSR count). The van der Waals surface area contributed by atoms with Gasteiger partial charge in [0.1, 0.15) is 0 Å². The van der Waals surface area contributed by atoms with E-state index in [1.807, 2.05) is 6.07 Å². The van der Waals surface area contributed by atoms with Crippen LogP contribution in [0.2, 0.25) is 0 Å². The summed E-state index contributed by atoms with van der Waals surface area (Å²) in [6.45, 7) is 0.171. The van der Waals surface area contributed by atoms with Gasteiger partial charge in [0, 0.05) is 33.9 Å². The van der Waals surface area contributed by atoms with Crippen molar-refractivity contribution in [3.63, 3.8) is 0 Å². The van der Waals surface area contributed by atoms with Crippen molar-refractivity contribution in [2.45, 2.75) is 0 Å². The van der Waals surface area contributed by atoms with Crippen molar-refractivity contribution in [2.24, 2.45) is 0 Å². The quantitative estimate of drug-likeness (QED) is 0.862. The molecule has 0 radical (unpaired) electrons. The maximum absolute atomic E-state index is 11.9. The molecule has 5 heteroatoms. The summed E-state index contributed by atoms with van der Waals surface area (Å²) < 4.78 is 0. The lowest BCUT2D eigenvalue weighted by molar-refractivity contribution is -0.126. The molecule has 0 saturated carbocycles. The molecule has 5 nitrogen and oxygen atoms in total. The fourth-order valence-corrected chi connectivity index (χ4v) is 1.39. The highest BCUT2D eigenvalue weighted by molar-refractivity contribution is 5.99. The van der Waals surface area contributed by atoms with Crippen molar-refractivity contribution < 1.29 is 9.59 Å². The minimum Gasteiger partial charge on any atom is -0.376 e. The number of rotatable bonds is 4. The third kappa shape index (κ3) is 3.48. The Morgan fingerprint density at radius 1 is 1.06 bits per heavy atom. The van der Waals surface area contributed by atoms with Gasteiger partial charge >= 0.3 is 0 Å². The number of carbonyl (C=O) groups is 2. The summed E-state index contributed by atoms with van der Waals surface area (Å²) in [5, 5.41) is 2.99. The Morgan fingerprint density at radius 3 is 2.22 bits per heavy atom. The van der Waals surface area contributed by atoms with Gasteiger partial charge in [-0.3, -0.25) is 9.59 Å². The summed E-state index contributed by atoms with van der Waals surface area (Å²) in [6, 6.07) is 7.16. The first kappa shape index (κ1) is 14.0. The van der Waals surface area contributed by atoms with Crippen LogP contribution in [0.25, 0.3) is 0 Å². The average molecular weight is 249 g/mol. The zero-order valence-electron chi connectivity index (χ0n) is 11.2. The smallest absolute Gasteiger partial charge is 0.255 e. The number of hydrogen-bond acceptors (Lipinski definition) is 3. The molecule has 0 saturated heterocycles. The standard InChI is InChI=1S/C13H19N3O2/c1-15(2)12(17)9-14-11-8-6-5-7-10(11)13(18)16(3)4/h5-8,14H,9H2,1-4H3. The molecular formula is C13H19N3O2. The van der Waals surface area contributed by atoms with E-state index in [2.05, 4.69) is 5.32 Å². The fraction of sp³-hybridized carbons (Fsp3) is 0.385. The molecule has 18 heavy (non-hydrogen) atoms. The van der Waals surface area contributed by atoms with Crippen LogP contribution in [0.4, 0.5) is 5.69 Å². The van der Waals surface area contributed by atoms with Gasteiger partial charge in [0.25, 0.3) is 5.91 Å². The summed E-state index contributed by atoms with van der Waals surface area (Å²) in [4.78, 5) is 26.4. The van der Waals surface area contributed by atoms with Gasteiger partial charge in [0.2, 0.25) is 5.91 Å². The molecule has 0 fully saturated rings. The monoisotopic (exact) mass is 249 g/mol. The second-order valence-electron chi connectivity index (χ2n) is 4.39. The number of likely N-dealkylation sites (N-methyl/N-ethyl adjacent to an activating group) is 1. The highest BCUT2D eigenvalue weighted by atomic mass is 16.2. The Labute approximate surface area is 107 Å². The molecule has 0 bridgehead atoms. The van der Waals surface area contributed by atoms with E-state index in [1.165, 1.54) is 9.80 Å². The summed E-state index contributed by atoms with van der Waals surface area (Å²) in [6.07, 6.45) is 0. The number of para-hydroxylation sites is 1. The van der Waals surface area contributed by atoms with Crippen LogP contribution < -0.4 is 5.32 Å². The second-order valence-corrected chi connectivity index (χ2v) is 4.39. The van der Waals surface area contributed by atoms with Crippen LogP contribution in [0.5, 0.6) is 0 Å². The van der Waals surface area contributed by atoms with Crippen LogP contribution in [0, 0.1) is 0 Å². The lowest BCUT2D eigenvalue weighted by Gasteiger charge is -2.16. The van der Waals surface area contributed by atoms with Crippen LogP contribution >= 0.6 is 0 Å². The molecule has 2 amide bonds. The Bertz CT molecular complexity index is 442. The predicted octanol–water partition coefficient (Wildman–Crippen LogP) is 0.888. The number of nitrogens with one attached hydrogen (secondary N) is 1. The topological polar surface area (TPSA) is 52.7 Å². The fourth-order valence-electron chi connectivity index (χ4n) is 1.39. The van der Waals surface area contributed by atoms with Crippen LogP contribution in [0.3, 0.4) is 0 Å². The van der Waals surface area contributed by atoms with Gasteiger partial charge < -0.3 is 15.1 Å². The zero-order chi connectivity index (χ0) is 13.7. The van der Waals surface area contributed by atoms with E-state index in [1.54, 1.807) is 46.4 Å². The third-order valence-electron chi connectivity index (χ3n) is 2.49. The molecule has 0 unspecified atom stereocenters. The first-order valence-corrected chi connectivity index (χ1v) is 5.68. The Morgan fingerprint density at radius 2 is 1.67 bits per heavy atom. The molecule has 0 aromatic heterocycles. The number of carbonyl (C=O) groups excluding carboxylic acids is 2. The molecule has 0 aliphatic rings. The maximum Gasteiger partial charge on any atom is 0.255 e. The van der Waals surface area contributed by atoms with E-state index in [0.29, 0.717) is 11.3 Å². The first-order valence-electron chi connectivity index (χ1n) is 5.68. The van der Waals surface area contributed by atoms with Crippen molar-refractivity contribution in [1.29, 1.82) is 0 Å². The normalized spacial score (nSPS) is 9.78. The van der Waals surface area contributed by atoms with Gasteiger partial charge in [-0.05, 0) is 12.1 Å². The number of amides is 2. The molecule has 1 N–H and O–H groups in total. The van der Waals surface area contributed by atoms with E-state index in [-0.39, 0.29) is 18.4 Å². The van der Waals surface area contributed by atoms with E-state index < -0.39 is 0 Å². The van der Waals surface area contributed by atoms with E-state index in [0.717, 1.165) is 0 Å². The second kappa shape index (κ2) is 6.05. The van der Waals surface area contributed by atoms with Gasteiger partial charge in [0.15, 0.2) is 0 Å². The maximum atomic E-state index is 11.9. The number of hydrogen-bond donors (Lipinski definition) is 1. The Balaban J connectivity index is 2.83. The zero-order valence-corrected chi connectivity index (χ0v) is 11.2. The van der Waals surface area contributed by atoms with Crippen molar-refractivity contribution in [1.82, 2.24) is 9.80 Å². The number of anilines is 1. The summed E-state index contributed by atoms with van der Waals surface area (Å²) in [7, 11) is 6.79. The molecule has 1 aromatic rings. The van der Waals surface area contributed by atoms with Crippen molar-refractivity contribution in [3.05, 3.63) is 29.8 Å². The third-order valence-corrected chi connectivity index (χ3v) is 2.49. The highest BCUT2D eigenvalue weighted by Gasteiger charge is 2.13. The van der Waals surface area contributed by atoms with Gasteiger partial charge in [-0.25, -0.2) is 0 Å². The SMILES string of the molecule is CN(C)C(=O)CNc1ccccc1C(=O)N(C)C. The molecule has 0 atom stereocenters. The lowest BCUT2D eigenvalue weighted by Crippen LogP contribution is -2.29. The van der Waals surface area contributed by atoms with Gasteiger partial charge in [-0.2, -0.15) is 0 Å². The molecule has 0 heterocycles. The lowest BCUT2D eigenvalue weighted by atomic mass is 10.1. The molecule has 98 valence electrons. The van der Waals surface area contributed by atoms with Gasteiger partial charge in [-0.15, -0.1) is 0 Å². The molecule has 0 aliphatic heterocycles.